The fourth-order valence-corrected chi connectivity index (χ4v) is 9.54. The van der Waals surface area contributed by atoms with Crippen LogP contribution in [0.5, 0.6) is 5.75 Å². The lowest BCUT2D eigenvalue weighted by atomic mass is 9.77. The highest BCUT2D eigenvalue weighted by Crippen LogP contribution is 2.42. The van der Waals surface area contributed by atoms with E-state index in [4.69, 9.17) is 35.6 Å². The second kappa shape index (κ2) is 19.3. The molecule has 0 radical (unpaired) electrons. The summed E-state index contributed by atoms with van der Waals surface area (Å²) in [5.41, 5.74) is 0.529. The van der Waals surface area contributed by atoms with Crippen LogP contribution in [0, 0.1) is 0 Å². The molecule has 2 aliphatic rings. The molecule has 0 bridgehead atoms. The molecule has 332 valence electrons. The van der Waals surface area contributed by atoms with Gasteiger partial charge in [-0.1, -0.05) is 108 Å². The average Bonchev–Trinajstić information content (AvgIpc) is 3.76. The van der Waals surface area contributed by atoms with E-state index in [-0.39, 0.29) is 29.6 Å². The highest BCUT2D eigenvalue weighted by molar-refractivity contribution is 8.00. The lowest BCUT2D eigenvalue weighted by molar-refractivity contribution is -0.179. The minimum Gasteiger partial charge on any atom is -0.497 e. The highest BCUT2D eigenvalue weighted by atomic mass is 35.5. The minimum atomic E-state index is -1.63. The molecule has 7 rings (SSSR count). The smallest absolute Gasteiger partial charge is 0.355 e. The van der Waals surface area contributed by atoms with Gasteiger partial charge in [0.25, 0.3) is 11.8 Å². The van der Waals surface area contributed by atoms with Gasteiger partial charge in [0.1, 0.15) is 46.3 Å². The number of fused-ring (bicyclic) bond motifs is 1. The van der Waals surface area contributed by atoms with E-state index in [9.17, 15) is 19.2 Å². The number of carbonyl (C=O) groups excluding carboxylic acids is 4. The summed E-state index contributed by atoms with van der Waals surface area (Å²) in [5.74, 6) is -1.80. The van der Waals surface area contributed by atoms with Gasteiger partial charge in [0, 0.05) is 17.0 Å². The number of anilines is 1. The van der Waals surface area contributed by atoms with Crippen LogP contribution in [0.1, 0.15) is 62.6 Å². The monoisotopic (exact) mass is 921 g/mol. The number of thiazole rings is 1. The molecule has 2 N–H and O–H groups in total. The van der Waals surface area contributed by atoms with Crippen molar-refractivity contribution in [2.45, 2.75) is 69.4 Å². The quantitative estimate of drug-likeness (QED) is 0.0247. The summed E-state index contributed by atoms with van der Waals surface area (Å²) in [4.78, 5) is 67.3. The van der Waals surface area contributed by atoms with Crippen LogP contribution in [0.25, 0.3) is 0 Å². The summed E-state index contributed by atoms with van der Waals surface area (Å²) >= 11 is 8.87. The average molecular weight is 923 g/mol. The topological polar surface area (TPSA) is 158 Å². The molecule has 2 atom stereocenters. The third-order valence-corrected chi connectivity index (χ3v) is 12.8. The van der Waals surface area contributed by atoms with Crippen LogP contribution in [0.2, 0.25) is 0 Å². The van der Waals surface area contributed by atoms with Crippen molar-refractivity contribution in [1.82, 2.24) is 15.2 Å². The SMILES string of the molecule is COc1ccc(COC(=O)C2=C(CCl)CSC3[C@H](NC(=O)/C(=N\OC(C)(C)C(=O)OC(C)(C)C)c4csc(NC(c5ccccc5)(c5ccccc5)c5ccccc5)n4)C(=O)N23)cc1. The zero-order valence-electron chi connectivity index (χ0n) is 36.1. The van der Waals surface area contributed by atoms with Crippen molar-refractivity contribution < 1.29 is 38.2 Å². The number of oxime groups is 1. The molecular formula is C48H48ClN5O8S2. The second-order valence-electron chi connectivity index (χ2n) is 16.4. The Hall–Kier alpha value is -6.16. The van der Waals surface area contributed by atoms with Crippen LogP contribution in [-0.4, -0.2) is 80.7 Å². The maximum atomic E-state index is 14.5. The van der Waals surface area contributed by atoms with Gasteiger partial charge in [-0.2, -0.15) is 0 Å². The maximum absolute atomic E-state index is 14.5. The number of amides is 2. The van der Waals surface area contributed by atoms with Crippen molar-refractivity contribution in [3.8, 4) is 5.75 Å². The lowest BCUT2D eigenvalue weighted by Crippen LogP contribution is -2.71. The van der Waals surface area contributed by atoms with Crippen LogP contribution < -0.4 is 15.4 Å². The predicted molar refractivity (Wildman–Crippen MR) is 248 cm³/mol. The number of nitrogens with zero attached hydrogens (tertiary/aromatic N) is 3. The Morgan fingerprint density at radius 2 is 1.44 bits per heavy atom. The molecule has 2 aliphatic heterocycles. The number of halogens is 1. The molecule has 2 amide bonds. The number of alkyl halides is 1. The molecule has 4 aromatic carbocycles. The third-order valence-electron chi connectivity index (χ3n) is 10.3. The van der Waals surface area contributed by atoms with Crippen LogP contribution in [0.3, 0.4) is 0 Å². The molecule has 1 fully saturated rings. The van der Waals surface area contributed by atoms with Crippen molar-refractivity contribution in [2.75, 3.05) is 24.1 Å². The molecule has 13 nitrogen and oxygen atoms in total. The van der Waals surface area contributed by atoms with Crippen molar-refractivity contribution >= 4 is 69.3 Å². The molecule has 0 saturated carbocycles. The normalized spacial score (nSPS) is 16.6. The molecule has 1 aromatic heterocycles. The number of hydrogen-bond acceptors (Lipinski definition) is 13. The van der Waals surface area contributed by atoms with E-state index in [1.54, 1.807) is 57.5 Å². The number of esters is 2. The van der Waals surface area contributed by atoms with Crippen LogP contribution >= 0.6 is 34.7 Å². The maximum Gasteiger partial charge on any atom is 0.355 e. The largest absolute Gasteiger partial charge is 0.497 e. The van der Waals surface area contributed by atoms with Gasteiger partial charge in [-0.3, -0.25) is 14.5 Å². The van der Waals surface area contributed by atoms with Gasteiger partial charge < -0.3 is 29.7 Å². The number of hydrogen-bond donors (Lipinski definition) is 2. The van der Waals surface area contributed by atoms with E-state index in [0.717, 1.165) is 22.3 Å². The number of nitrogens with one attached hydrogen (secondary N) is 2. The van der Waals surface area contributed by atoms with Crippen molar-refractivity contribution in [3.63, 3.8) is 0 Å². The Labute approximate surface area is 385 Å². The summed E-state index contributed by atoms with van der Waals surface area (Å²) in [6.45, 7) is 8.09. The number of ether oxygens (including phenoxy) is 3. The van der Waals surface area contributed by atoms with Crippen LogP contribution in [0.15, 0.2) is 137 Å². The van der Waals surface area contributed by atoms with Gasteiger partial charge in [-0.25, -0.2) is 14.6 Å². The molecule has 0 aliphatic carbocycles. The summed E-state index contributed by atoms with van der Waals surface area (Å²) in [7, 11) is 1.56. The Balaban J connectivity index is 1.19. The van der Waals surface area contributed by atoms with E-state index in [1.165, 1.54) is 41.8 Å². The van der Waals surface area contributed by atoms with Gasteiger partial charge in [0.05, 0.1) is 7.11 Å². The van der Waals surface area contributed by atoms with Crippen molar-refractivity contribution in [2.24, 2.45) is 5.16 Å². The first-order valence-corrected chi connectivity index (χ1v) is 22.9. The highest BCUT2D eigenvalue weighted by Gasteiger charge is 2.55. The molecule has 5 aromatic rings. The zero-order valence-corrected chi connectivity index (χ0v) is 38.5. The molecule has 3 heterocycles. The summed E-state index contributed by atoms with van der Waals surface area (Å²) < 4.78 is 16.4. The summed E-state index contributed by atoms with van der Waals surface area (Å²) in [6.07, 6.45) is 0. The Bertz CT molecular complexity index is 2450. The number of methoxy groups -OCH3 is 1. The first kappa shape index (κ1) is 45.9. The van der Waals surface area contributed by atoms with E-state index in [2.05, 4.69) is 15.8 Å². The molecule has 1 saturated heterocycles. The van der Waals surface area contributed by atoms with Gasteiger partial charge >= 0.3 is 11.9 Å². The Morgan fingerprint density at radius 3 is 1.97 bits per heavy atom. The Kier molecular flexibility index (Phi) is 13.8. The number of thioether (sulfide) groups is 1. The van der Waals surface area contributed by atoms with Crippen molar-refractivity contribution in [3.05, 3.63) is 160 Å². The zero-order chi connectivity index (χ0) is 45.6. The number of benzene rings is 4. The standard InChI is InChI=1S/C48H48ClN5O8S2/c1-46(2,3)61-44(58)47(4,5)62-53-37(36-29-64-45(50-36)52-48(32-16-10-7-11-17-32,33-18-12-8-13-19-33)34-20-14-9-15-21-34)40(55)51-38-41(56)54-39(31(26-49)28-63-42(38)54)43(57)60-27-30-22-24-35(59-6)25-23-30/h7-25,29,38,42H,26-28H2,1-6H3,(H,50,52)(H,51,55)/b53-37-/t38-,42?/m1/s1. The van der Waals surface area contributed by atoms with E-state index < -0.39 is 51.9 Å². The summed E-state index contributed by atoms with van der Waals surface area (Å²) in [6, 6.07) is 35.9. The first-order chi connectivity index (χ1) is 30.6. The first-order valence-electron chi connectivity index (χ1n) is 20.4. The van der Waals surface area contributed by atoms with Gasteiger partial charge in [0.15, 0.2) is 10.8 Å². The Morgan fingerprint density at radius 1 is 0.859 bits per heavy atom. The van der Waals surface area contributed by atoms with Gasteiger partial charge in [0.2, 0.25) is 5.60 Å². The van der Waals surface area contributed by atoms with Crippen molar-refractivity contribution in [1.29, 1.82) is 0 Å². The molecule has 16 heteroatoms. The van der Waals surface area contributed by atoms with E-state index in [0.29, 0.717) is 22.2 Å². The fourth-order valence-electron chi connectivity index (χ4n) is 7.11. The predicted octanol–water partition coefficient (Wildman–Crippen LogP) is 8.03. The fraction of sp³-hybridized carbons (Fsp3) is 0.292. The van der Waals surface area contributed by atoms with Crippen LogP contribution in [-0.2, 0) is 45.6 Å². The molecule has 64 heavy (non-hydrogen) atoms. The van der Waals surface area contributed by atoms with Crippen LogP contribution in [0.4, 0.5) is 5.13 Å². The van der Waals surface area contributed by atoms with E-state index in [1.807, 2.05) is 91.0 Å². The third kappa shape index (κ3) is 9.81. The number of aromatic nitrogens is 1. The minimum absolute atomic E-state index is 0.00459. The van der Waals surface area contributed by atoms with Gasteiger partial charge in [-0.15, -0.1) is 34.7 Å². The second-order valence-corrected chi connectivity index (χ2v) is 18.7. The molecule has 1 unspecified atom stereocenters. The molecular weight excluding hydrogens is 874 g/mol. The number of rotatable bonds is 16. The van der Waals surface area contributed by atoms with Gasteiger partial charge in [-0.05, 0) is 74.6 Å². The number of carbonyl (C=O) groups is 4. The lowest BCUT2D eigenvalue weighted by Gasteiger charge is -2.49. The number of β-lactam (4-membered cyclic amide) rings is 1. The molecule has 0 spiro atoms. The summed E-state index contributed by atoms with van der Waals surface area (Å²) in [5, 5.41) is 12.2. The van der Waals surface area contributed by atoms with E-state index >= 15 is 0 Å².